The van der Waals surface area contributed by atoms with Gasteiger partial charge in [-0.2, -0.15) is 11.8 Å². The van der Waals surface area contributed by atoms with Crippen molar-refractivity contribution in [3.8, 4) is 0 Å². The van der Waals surface area contributed by atoms with Crippen LogP contribution in [0.1, 0.15) is 26.7 Å². The van der Waals surface area contributed by atoms with Gasteiger partial charge in [0.2, 0.25) is 0 Å². The average molecular weight is 359 g/mol. The van der Waals surface area contributed by atoms with Crippen LogP contribution in [0.3, 0.4) is 0 Å². The highest BCUT2D eigenvalue weighted by atomic mass is 33.1. The zero-order valence-corrected chi connectivity index (χ0v) is 16.8. The quantitative estimate of drug-likeness (QED) is 0.406. The summed E-state index contributed by atoms with van der Waals surface area (Å²) in [5.41, 5.74) is 0. The van der Waals surface area contributed by atoms with E-state index in [1.165, 1.54) is 45.9 Å². The molecule has 0 aliphatic carbocycles. The predicted molar refractivity (Wildman–Crippen MR) is 106 cm³/mol. The van der Waals surface area contributed by atoms with Crippen molar-refractivity contribution in [2.45, 2.75) is 26.7 Å². The van der Waals surface area contributed by atoms with Crippen LogP contribution in [-0.4, -0.2) is 58.1 Å². The van der Waals surface area contributed by atoms with Gasteiger partial charge in [-0.15, -0.1) is 0 Å². The second-order valence-electron chi connectivity index (χ2n) is 4.10. The summed E-state index contributed by atoms with van der Waals surface area (Å²) < 4.78 is 1.67. The van der Waals surface area contributed by atoms with Crippen LogP contribution in [0.15, 0.2) is 0 Å². The van der Waals surface area contributed by atoms with Crippen molar-refractivity contribution in [2.75, 3.05) is 39.7 Å². The van der Waals surface area contributed by atoms with E-state index in [1.54, 1.807) is 0 Å². The summed E-state index contributed by atoms with van der Waals surface area (Å²) >= 11 is 12.2. The van der Waals surface area contributed by atoms with Gasteiger partial charge in [0.25, 0.3) is 0 Å². The van der Waals surface area contributed by atoms with Crippen molar-refractivity contribution in [1.82, 2.24) is 9.80 Å². The van der Waals surface area contributed by atoms with Crippen molar-refractivity contribution in [1.29, 1.82) is 0 Å². The molecule has 7 heteroatoms. The summed E-state index contributed by atoms with van der Waals surface area (Å²) in [6, 6.07) is 0. The topological polar surface area (TPSA) is 6.48 Å². The third kappa shape index (κ3) is 16.8. The summed E-state index contributed by atoms with van der Waals surface area (Å²) in [5.74, 6) is 2.68. The minimum Gasteiger partial charge on any atom is -0.363 e. The Labute approximate surface area is 142 Å². The molecule has 0 aromatic carbocycles. The van der Waals surface area contributed by atoms with Crippen molar-refractivity contribution in [3.05, 3.63) is 0 Å². The molecule has 19 heavy (non-hydrogen) atoms. The Morgan fingerprint density at radius 3 is 1.32 bits per heavy atom. The van der Waals surface area contributed by atoms with Gasteiger partial charge in [0.15, 0.2) is 0 Å². The van der Waals surface area contributed by atoms with E-state index in [-0.39, 0.29) is 0 Å². The van der Waals surface area contributed by atoms with E-state index in [0.717, 1.165) is 8.64 Å². The molecular formula is C12H26N2S5. The fourth-order valence-corrected chi connectivity index (χ4v) is 3.77. The van der Waals surface area contributed by atoms with Gasteiger partial charge >= 0.3 is 0 Å². The van der Waals surface area contributed by atoms with Gasteiger partial charge in [-0.3, -0.25) is 0 Å². The highest BCUT2D eigenvalue weighted by molar-refractivity contribution is 8.89. The fraction of sp³-hybridized carbons (Fsp3) is 0.833. The van der Waals surface area contributed by atoms with Gasteiger partial charge in [-0.25, -0.2) is 0 Å². The number of hydrogen-bond donors (Lipinski definition) is 0. The van der Waals surface area contributed by atoms with Crippen LogP contribution >= 0.6 is 57.8 Å². The lowest BCUT2D eigenvalue weighted by Gasteiger charge is -2.15. The molecule has 0 atom stereocenters. The molecule has 0 amide bonds. The van der Waals surface area contributed by atoms with Gasteiger partial charge in [0, 0.05) is 28.2 Å². The largest absolute Gasteiger partial charge is 0.363 e. The van der Waals surface area contributed by atoms with Crippen LogP contribution in [0, 0.1) is 0 Å². The van der Waals surface area contributed by atoms with Crippen LogP contribution in [0.25, 0.3) is 0 Å². The van der Waals surface area contributed by atoms with Crippen molar-refractivity contribution < 1.29 is 0 Å². The molecule has 0 N–H and O–H groups in total. The minimum absolute atomic E-state index is 0.837. The number of thioether (sulfide) groups is 1. The maximum Gasteiger partial charge on any atom is 0.146 e. The summed E-state index contributed by atoms with van der Waals surface area (Å²) in [5, 5.41) is 0. The van der Waals surface area contributed by atoms with Crippen molar-refractivity contribution >= 4 is 66.4 Å². The smallest absolute Gasteiger partial charge is 0.146 e. The molecule has 0 spiro atoms. The average Bonchev–Trinajstić information content (AvgIpc) is 2.36. The molecular weight excluding hydrogens is 332 g/mol. The van der Waals surface area contributed by atoms with E-state index in [4.69, 9.17) is 24.4 Å². The second-order valence-corrected chi connectivity index (χ2v) is 8.72. The van der Waals surface area contributed by atoms with E-state index in [2.05, 4.69) is 25.6 Å². The van der Waals surface area contributed by atoms with E-state index < -0.39 is 0 Å². The molecule has 0 fully saturated rings. The maximum absolute atomic E-state index is 5.07. The Morgan fingerprint density at radius 2 is 1.11 bits per heavy atom. The first-order valence-corrected chi connectivity index (χ1v) is 10.3. The van der Waals surface area contributed by atoms with Crippen LogP contribution in [0.4, 0.5) is 0 Å². The molecule has 2 nitrogen and oxygen atoms in total. The Bertz CT molecular complexity index is 220. The Balaban J connectivity index is 0. The van der Waals surface area contributed by atoms with Gasteiger partial charge < -0.3 is 9.80 Å². The first-order chi connectivity index (χ1) is 8.86. The van der Waals surface area contributed by atoms with Gasteiger partial charge in [-0.05, 0) is 45.9 Å². The molecule has 0 rings (SSSR count). The minimum atomic E-state index is 0.837. The Hall–Kier alpha value is 0.830. The van der Waals surface area contributed by atoms with Gasteiger partial charge in [-0.1, -0.05) is 38.3 Å². The SMILES string of the molecule is CCCSCCC.CN(C)C(=S)SSC(=S)N(C)C. The lowest BCUT2D eigenvalue weighted by Crippen LogP contribution is -2.18. The molecule has 0 unspecified atom stereocenters. The number of rotatable bonds is 4. The number of thiocarbonyl (C=S) groups is 2. The van der Waals surface area contributed by atoms with Gasteiger partial charge in [0.05, 0.1) is 0 Å². The normalized spacial score (nSPS) is 9.37. The van der Waals surface area contributed by atoms with Crippen LogP contribution in [0.2, 0.25) is 0 Å². The Morgan fingerprint density at radius 1 is 0.789 bits per heavy atom. The second kappa shape index (κ2) is 15.2. The van der Waals surface area contributed by atoms with E-state index in [0.29, 0.717) is 0 Å². The number of nitrogens with zero attached hydrogens (tertiary/aromatic N) is 2. The first-order valence-electron chi connectivity index (χ1n) is 6.21. The summed E-state index contributed by atoms with van der Waals surface area (Å²) in [7, 11) is 10.7. The van der Waals surface area contributed by atoms with E-state index in [1.807, 2.05) is 38.0 Å². The lowest BCUT2D eigenvalue weighted by atomic mass is 10.6. The molecule has 0 saturated heterocycles. The molecule has 0 heterocycles. The molecule has 0 aromatic heterocycles. The molecule has 114 valence electrons. The highest BCUT2D eigenvalue weighted by Gasteiger charge is 2.04. The zero-order valence-electron chi connectivity index (χ0n) is 12.8. The lowest BCUT2D eigenvalue weighted by molar-refractivity contribution is 0.647. The van der Waals surface area contributed by atoms with Crippen molar-refractivity contribution in [2.24, 2.45) is 0 Å². The maximum atomic E-state index is 5.07. The summed E-state index contributed by atoms with van der Waals surface area (Å²) in [6.45, 7) is 4.45. The predicted octanol–water partition coefficient (Wildman–Crippen LogP) is 4.60. The summed E-state index contributed by atoms with van der Waals surface area (Å²) in [6.07, 6.45) is 2.65. The molecule has 0 bridgehead atoms. The van der Waals surface area contributed by atoms with E-state index in [9.17, 15) is 0 Å². The molecule has 0 aliphatic heterocycles. The molecule has 0 aromatic rings. The van der Waals surface area contributed by atoms with Gasteiger partial charge in [0.1, 0.15) is 8.64 Å². The van der Waals surface area contributed by atoms with Crippen molar-refractivity contribution in [3.63, 3.8) is 0 Å². The monoisotopic (exact) mass is 358 g/mol. The molecule has 0 saturated carbocycles. The standard InChI is InChI=1S/C6H12N2S4.C6H14S/c1-7(2)5(9)11-12-6(10)8(3)4;1-3-5-7-6-4-2/h1-4H3;3-6H2,1-2H3. The fourth-order valence-electron chi connectivity index (χ4n) is 0.611. The highest BCUT2D eigenvalue weighted by Crippen LogP contribution is 2.26. The third-order valence-corrected chi connectivity index (χ3v) is 7.16. The molecule has 0 aliphatic rings. The van der Waals surface area contributed by atoms with Crippen LogP contribution in [0.5, 0.6) is 0 Å². The molecule has 0 radical (unpaired) electrons. The third-order valence-electron chi connectivity index (χ3n) is 1.61. The Kier molecular flexibility index (Phi) is 17.7. The zero-order chi connectivity index (χ0) is 15.3. The van der Waals surface area contributed by atoms with Crippen LogP contribution < -0.4 is 0 Å². The first kappa shape index (κ1) is 22.1. The summed E-state index contributed by atoms with van der Waals surface area (Å²) in [4.78, 5) is 3.79. The van der Waals surface area contributed by atoms with E-state index >= 15 is 0 Å². The van der Waals surface area contributed by atoms with Crippen LogP contribution in [-0.2, 0) is 0 Å². The number of hydrogen-bond acceptors (Lipinski definition) is 5.